The summed E-state index contributed by atoms with van der Waals surface area (Å²) in [5, 5.41) is 0.434. The van der Waals surface area contributed by atoms with Gasteiger partial charge in [-0.05, 0) is 26.0 Å². The first-order valence-corrected chi connectivity index (χ1v) is 5.98. The van der Waals surface area contributed by atoms with Gasteiger partial charge in [-0.25, -0.2) is 0 Å². The Hall–Kier alpha value is -0.670. The molecule has 0 aliphatic heterocycles. The average Bonchev–Trinajstić information content (AvgIpc) is 2.21. The highest BCUT2D eigenvalue weighted by atomic mass is 35.5. The molecule has 0 N–H and O–H groups in total. The summed E-state index contributed by atoms with van der Waals surface area (Å²) in [7, 11) is 0. The minimum Gasteiger partial charge on any atom is -0.465 e. The second-order valence-electron chi connectivity index (χ2n) is 2.94. The van der Waals surface area contributed by atoms with Crippen LogP contribution in [0, 0.1) is 0 Å². The molecule has 1 aromatic rings. The second kappa shape index (κ2) is 6.03. The van der Waals surface area contributed by atoms with E-state index in [1.807, 2.05) is 31.2 Å². The Labute approximate surface area is 99.0 Å². The van der Waals surface area contributed by atoms with Gasteiger partial charge in [-0.15, -0.1) is 11.8 Å². The van der Waals surface area contributed by atoms with Gasteiger partial charge in [0, 0.05) is 4.90 Å². The Morgan fingerprint density at radius 3 is 2.80 bits per heavy atom. The van der Waals surface area contributed by atoms with Gasteiger partial charge in [0.1, 0.15) is 5.25 Å². The van der Waals surface area contributed by atoms with E-state index in [1.165, 1.54) is 11.8 Å². The molecular formula is C11H13ClO2S. The number of esters is 1. The van der Waals surface area contributed by atoms with Gasteiger partial charge in [-0.2, -0.15) is 0 Å². The SMILES string of the molecule is CCOC(=O)[C@@H](C)Sc1ccccc1Cl. The summed E-state index contributed by atoms with van der Waals surface area (Å²) in [6.07, 6.45) is 0. The molecule has 0 unspecified atom stereocenters. The largest absolute Gasteiger partial charge is 0.465 e. The van der Waals surface area contributed by atoms with E-state index >= 15 is 0 Å². The molecule has 4 heteroatoms. The maximum absolute atomic E-state index is 11.4. The molecule has 0 fully saturated rings. The molecule has 0 bridgehead atoms. The van der Waals surface area contributed by atoms with Crippen molar-refractivity contribution in [2.24, 2.45) is 0 Å². The lowest BCUT2D eigenvalue weighted by atomic mass is 10.4. The Kier molecular flexibility index (Phi) is 4.99. The van der Waals surface area contributed by atoms with Gasteiger partial charge in [0.15, 0.2) is 0 Å². The van der Waals surface area contributed by atoms with Crippen molar-refractivity contribution in [1.29, 1.82) is 0 Å². The van der Waals surface area contributed by atoms with Crippen LogP contribution in [0.2, 0.25) is 5.02 Å². The van der Waals surface area contributed by atoms with E-state index in [1.54, 1.807) is 6.92 Å². The molecule has 82 valence electrons. The number of rotatable bonds is 4. The first-order valence-electron chi connectivity index (χ1n) is 4.73. The number of halogens is 1. The number of carbonyl (C=O) groups excluding carboxylic acids is 1. The molecule has 0 aromatic heterocycles. The van der Waals surface area contributed by atoms with Crippen molar-refractivity contribution < 1.29 is 9.53 Å². The van der Waals surface area contributed by atoms with Crippen molar-refractivity contribution in [2.45, 2.75) is 24.0 Å². The van der Waals surface area contributed by atoms with Crippen molar-refractivity contribution in [3.63, 3.8) is 0 Å². The van der Waals surface area contributed by atoms with Crippen LogP contribution in [0.1, 0.15) is 13.8 Å². The molecule has 1 atom stereocenters. The highest BCUT2D eigenvalue weighted by Gasteiger charge is 2.16. The zero-order valence-electron chi connectivity index (χ0n) is 8.70. The summed E-state index contributed by atoms with van der Waals surface area (Å²) in [4.78, 5) is 12.3. The monoisotopic (exact) mass is 244 g/mol. The van der Waals surface area contributed by atoms with Crippen LogP contribution in [-0.4, -0.2) is 17.8 Å². The molecule has 1 rings (SSSR count). The lowest BCUT2D eigenvalue weighted by molar-refractivity contribution is -0.142. The third-order valence-electron chi connectivity index (χ3n) is 1.76. The van der Waals surface area contributed by atoms with E-state index in [-0.39, 0.29) is 11.2 Å². The Balaban J connectivity index is 2.62. The predicted octanol–water partition coefficient (Wildman–Crippen LogP) is 3.38. The molecule has 0 saturated carbocycles. The van der Waals surface area contributed by atoms with Crippen molar-refractivity contribution in [1.82, 2.24) is 0 Å². The van der Waals surface area contributed by atoms with Crippen molar-refractivity contribution >= 4 is 29.3 Å². The fourth-order valence-electron chi connectivity index (χ4n) is 1.04. The molecule has 0 saturated heterocycles. The molecular weight excluding hydrogens is 232 g/mol. The number of hydrogen-bond acceptors (Lipinski definition) is 3. The smallest absolute Gasteiger partial charge is 0.319 e. The fourth-order valence-corrected chi connectivity index (χ4v) is 2.19. The second-order valence-corrected chi connectivity index (χ2v) is 4.73. The van der Waals surface area contributed by atoms with Gasteiger partial charge < -0.3 is 4.74 Å². The number of hydrogen-bond donors (Lipinski definition) is 0. The van der Waals surface area contributed by atoms with Crippen LogP contribution in [0.3, 0.4) is 0 Å². The van der Waals surface area contributed by atoms with Crippen LogP contribution >= 0.6 is 23.4 Å². The molecule has 0 spiro atoms. The molecule has 0 amide bonds. The van der Waals surface area contributed by atoms with Crippen LogP contribution in [0.15, 0.2) is 29.2 Å². The number of benzene rings is 1. The van der Waals surface area contributed by atoms with Crippen LogP contribution in [0.5, 0.6) is 0 Å². The molecule has 2 nitrogen and oxygen atoms in total. The van der Waals surface area contributed by atoms with Crippen LogP contribution < -0.4 is 0 Å². The van der Waals surface area contributed by atoms with Crippen molar-refractivity contribution in [3.05, 3.63) is 29.3 Å². The van der Waals surface area contributed by atoms with E-state index in [0.717, 1.165) is 4.90 Å². The first-order chi connectivity index (χ1) is 7.15. The van der Waals surface area contributed by atoms with Gasteiger partial charge in [-0.1, -0.05) is 23.7 Å². The summed E-state index contributed by atoms with van der Waals surface area (Å²) in [6, 6.07) is 7.46. The quantitative estimate of drug-likeness (QED) is 0.600. The Morgan fingerprint density at radius 2 is 2.20 bits per heavy atom. The summed E-state index contributed by atoms with van der Waals surface area (Å²) in [5.74, 6) is -0.206. The summed E-state index contributed by atoms with van der Waals surface area (Å²) in [6.45, 7) is 4.02. The molecule has 0 heterocycles. The van der Waals surface area contributed by atoms with Crippen LogP contribution in [0.4, 0.5) is 0 Å². The van der Waals surface area contributed by atoms with Crippen molar-refractivity contribution in [2.75, 3.05) is 6.61 Å². The zero-order valence-corrected chi connectivity index (χ0v) is 10.3. The van der Waals surface area contributed by atoms with Crippen molar-refractivity contribution in [3.8, 4) is 0 Å². The minimum atomic E-state index is -0.232. The van der Waals surface area contributed by atoms with E-state index in [2.05, 4.69) is 0 Å². The summed E-state index contributed by atoms with van der Waals surface area (Å²) in [5.41, 5.74) is 0. The van der Waals surface area contributed by atoms with Gasteiger partial charge in [0.05, 0.1) is 11.6 Å². The molecule has 15 heavy (non-hydrogen) atoms. The first kappa shape index (κ1) is 12.4. The highest BCUT2D eigenvalue weighted by molar-refractivity contribution is 8.00. The molecule has 0 aliphatic rings. The van der Waals surface area contributed by atoms with Crippen LogP contribution in [0.25, 0.3) is 0 Å². The molecule has 0 aliphatic carbocycles. The number of carbonyl (C=O) groups is 1. The third-order valence-corrected chi connectivity index (χ3v) is 3.36. The maximum atomic E-state index is 11.4. The number of ether oxygens (including phenoxy) is 1. The molecule has 0 radical (unpaired) electrons. The van der Waals surface area contributed by atoms with E-state index in [9.17, 15) is 4.79 Å². The third kappa shape index (κ3) is 3.76. The Bertz CT molecular complexity index is 341. The average molecular weight is 245 g/mol. The predicted molar refractivity (Wildman–Crippen MR) is 63.4 cm³/mol. The highest BCUT2D eigenvalue weighted by Crippen LogP contribution is 2.30. The minimum absolute atomic E-state index is 0.206. The standard InChI is InChI=1S/C11H13ClO2S/c1-3-14-11(13)8(2)15-10-7-5-4-6-9(10)12/h4-8H,3H2,1-2H3/t8-/m1/s1. The Morgan fingerprint density at radius 1 is 1.53 bits per heavy atom. The molecule has 1 aromatic carbocycles. The van der Waals surface area contributed by atoms with E-state index in [4.69, 9.17) is 16.3 Å². The maximum Gasteiger partial charge on any atom is 0.319 e. The number of thioether (sulfide) groups is 1. The van der Waals surface area contributed by atoms with E-state index in [0.29, 0.717) is 11.6 Å². The van der Waals surface area contributed by atoms with Crippen LogP contribution in [-0.2, 0) is 9.53 Å². The van der Waals surface area contributed by atoms with Gasteiger partial charge >= 0.3 is 5.97 Å². The zero-order chi connectivity index (χ0) is 11.3. The normalized spacial score (nSPS) is 12.2. The van der Waals surface area contributed by atoms with Gasteiger partial charge in [-0.3, -0.25) is 4.79 Å². The fraction of sp³-hybridized carbons (Fsp3) is 0.364. The van der Waals surface area contributed by atoms with Gasteiger partial charge in [0.25, 0.3) is 0 Å². The van der Waals surface area contributed by atoms with Gasteiger partial charge in [0.2, 0.25) is 0 Å². The summed E-state index contributed by atoms with van der Waals surface area (Å²) >= 11 is 7.39. The topological polar surface area (TPSA) is 26.3 Å². The summed E-state index contributed by atoms with van der Waals surface area (Å²) < 4.78 is 4.91. The lowest BCUT2D eigenvalue weighted by Crippen LogP contribution is -2.16. The lowest BCUT2D eigenvalue weighted by Gasteiger charge is -2.10. The van der Waals surface area contributed by atoms with E-state index < -0.39 is 0 Å².